The summed E-state index contributed by atoms with van der Waals surface area (Å²) in [5, 5.41) is 13.0. The lowest BCUT2D eigenvalue weighted by Crippen LogP contribution is -2.00. The summed E-state index contributed by atoms with van der Waals surface area (Å²) >= 11 is 0. The van der Waals surface area contributed by atoms with Crippen molar-refractivity contribution in [1.29, 1.82) is 5.26 Å². The molecule has 0 spiro atoms. The summed E-state index contributed by atoms with van der Waals surface area (Å²) in [4.78, 5) is 15.0. The summed E-state index contributed by atoms with van der Waals surface area (Å²) in [6.07, 6.45) is 5.78. The lowest BCUT2D eigenvalue weighted by atomic mass is 10.1. The van der Waals surface area contributed by atoms with Crippen molar-refractivity contribution in [1.82, 2.24) is 9.55 Å². The van der Waals surface area contributed by atoms with E-state index in [0.717, 1.165) is 11.9 Å². The number of aromatic nitrogens is 2. The molecule has 3 rings (SSSR count). The van der Waals surface area contributed by atoms with E-state index in [-0.39, 0.29) is 11.3 Å². The maximum absolute atomic E-state index is 13.8. The van der Waals surface area contributed by atoms with Crippen LogP contribution in [0.1, 0.15) is 18.2 Å². The van der Waals surface area contributed by atoms with E-state index in [0.29, 0.717) is 22.3 Å². The van der Waals surface area contributed by atoms with Gasteiger partial charge in [-0.25, -0.2) is 9.37 Å². The molecule has 2 aromatic heterocycles. The standard InChI is InChI=1S/C21H15FN4O/c1-3-16(25-27)10-9-14(2)20-19(12-23)18-11-15(22)13-24-21(18)26(20)17-7-5-4-6-8-17/h3-11,13H,2H2,1H3/b10-9-,16-3+. The first-order valence-corrected chi connectivity index (χ1v) is 8.13. The van der Waals surface area contributed by atoms with Crippen LogP contribution in [0.25, 0.3) is 22.3 Å². The third kappa shape index (κ3) is 3.31. The molecule has 132 valence electrons. The Kier molecular flexibility index (Phi) is 5.04. The second-order valence-electron chi connectivity index (χ2n) is 5.69. The van der Waals surface area contributed by atoms with Gasteiger partial charge in [0.1, 0.15) is 23.2 Å². The molecule has 3 aromatic rings. The molecule has 0 aliphatic rings. The van der Waals surface area contributed by atoms with Crippen molar-refractivity contribution in [2.24, 2.45) is 5.18 Å². The number of benzene rings is 1. The van der Waals surface area contributed by atoms with E-state index in [1.165, 1.54) is 12.1 Å². The van der Waals surface area contributed by atoms with Crippen molar-refractivity contribution >= 4 is 16.6 Å². The predicted molar refractivity (Wildman–Crippen MR) is 103 cm³/mol. The Morgan fingerprint density at radius 3 is 2.70 bits per heavy atom. The second-order valence-corrected chi connectivity index (χ2v) is 5.69. The SMILES string of the molecule is C=C(/C=C\C(=C/C)N=O)c1c(C#N)c2cc(F)cnc2n1-c1ccccc1. The summed E-state index contributed by atoms with van der Waals surface area (Å²) in [5.74, 6) is -0.529. The molecular formula is C21H15FN4O. The van der Waals surface area contributed by atoms with Gasteiger partial charge in [-0.2, -0.15) is 5.26 Å². The van der Waals surface area contributed by atoms with Gasteiger partial charge in [0.2, 0.25) is 0 Å². The Morgan fingerprint density at radius 1 is 1.33 bits per heavy atom. The zero-order chi connectivity index (χ0) is 19.4. The van der Waals surface area contributed by atoms with Gasteiger partial charge >= 0.3 is 0 Å². The minimum Gasteiger partial charge on any atom is -0.293 e. The largest absolute Gasteiger partial charge is 0.293 e. The molecule has 0 fully saturated rings. The molecule has 0 aliphatic carbocycles. The van der Waals surface area contributed by atoms with Crippen molar-refractivity contribution < 1.29 is 4.39 Å². The van der Waals surface area contributed by atoms with Gasteiger partial charge in [0.05, 0.1) is 17.5 Å². The number of hydrogen-bond donors (Lipinski definition) is 0. The molecule has 0 unspecified atom stereocenters. The van der Waals surface area contributed by atoms with Gasteiger partial charge in [0.25, 0.3) is 0 Å². The first-order chi connectivity index (χ1) is 13.1. The highest BCUT2D eigenvalue weighted by molar-refractivity contribution is 5.93. The lowest BCUT2D eigenvalue weighted by Gasteiger charge is -2.10. The molecular weight excluding hydrogens is 343 g/mol. The number of nitriles is 1. The monoisotopic (exact) mass is 358 g/mol. The van der Waals surface area contributed by atoms with Gasteiger partial charge in [-0.05, 0) is 41.9 Å². The van der Waals surface area contributed by atoms with E-state index < -0.39 is 5.82 Å². The number of nitrogens with zero attached hydrogens (tertiary/aromatic N) is 4. The van der Waals surface area contributed by atoms with Gasteiger partial charge in [-0.15, -0.1) is 4.91 Å². The molecule has 0 radical (unpaired) electrons. The van der Waals surface area contributed by atoms with Crippen LogP contribution < -0.4 is 0 Å². The molecule has 0 aliphatic heterocycles. The third-order valence-electron chi connectivity index (χ3n) is 4.06. The van der Waals surface area contributed by atoms with E-state index in [9.17, 15) is 14.6 Å². The highest BCUT2D eigenvalue weighted by Gasteiger charge is 2.21. The average Bonchev–Trinajstić information content (AvgIpc) is 3.02. The van der Waals surface area contributed by atoms with Crippen molar-refractivity contribution in [2.45, 2.75) is 6.92 Å². The number of rotatable bonds is 5. The van der Waals surface area contributed by atoms with Gasteiger partial charge in [-0.3, -0.25) is 4.57 Å². The number of para-hydroxylation sites is 1. The van der Waals surface area contributed by atoms with Crippen molar-refractivity contribution in [3.05, 3.63) is 95.1 Å². The fourth-order valence-electron chi connectivity index (χ4n) is 2.83. The van der Waals surface area contributed by atoms with E-state index in [1.54, 1.807) is 23.6 Å². The van der Waals surface area contributed by atoms with E-state index in [4.69, 9.17) is 0 Å². The van der Waals surface area contributed by atoms with Crippen LogP contribution in [0.3, 0.4) is 0 Å². The summed E-state index contributed by atoms with van der Waals surface area (Å²) in [5.41, 5.74) is 2.65. The van der Waals surface area contributed by atoms with Crippen LogP contribution in [-0.2, 0) is 0 Å². The van der Waals surface area contributed by atoms with E-state index >= 15 is 0 Å². The smallest absolute Gasteiger partial charge is 0.146 e. The Morgan fingerprint density at radius 2 is 2.07 bits per heavy atom. The minimum absolute atomic E-state index is 0.237. The molecule has 0 saturated carbocycles. The summed E-state index contributed by atoms with van der Waals surface area (Å²) in [6.45, 7) is 5.72. The van der Waals surface area contributed by atoms with Crippen LogP contribution in [0, 0.1) is 22.1 Å². The first-order valence-electron chi connectivity index (χ1n) is 8.13. The molecule has 0 bridgehead atoms. The molecule has 5 nitrogen and oxygen atoms in total. The quantitative estimate of drug-likeness (QED) is 0.460. The fourth-order valence-corrected chi connectivity index (χ4v) is 2.83. The highest BCUT2D eigenvalue weighted by atomic mass is 19.1. The zero-order valence-electron chi connectivity index (χ0n) is 14.6. The maximum atomic E-state index is 13.8. The average molecular weight is 358 g/mol. The number of nitroso groups, excluding NO2 is 1. The molecule has 0 amide bonds. The van der Waals surface area contributed by atoms with Crippen molar-refractivity contribution in [3.8, 4) is 11.8 Å². The molecule has 0 saturated heterocycles. The van der Waals surface area contributed by atoms with Crippen molar-refractivity contribution in [3.63, 3.8) is 0 Å². The first kappa shape index (κ1) is 18.0. The summed E-state index contributed by atoms with van der Waals surface area (Å²) < 4.78 is 15.5. The van der Waals surface area contributed by atoms with Crippen LogP contribution in [-0.4, -0.2) is 9.55 Å². The van der Waals surface area contributed by atoms with E-state index in [2.05, 4.69) is 22.8 Å². The van der Waals surface area contributed by atoms with Crippen LogP contribution in [0.5, 0.6) is 0 Å². The van der Waals surface area contributed by atoms with Gasteiger partial charge in [-0.1, -0.05) is 36.9 Å². The molecule has 0 N–H and O–H groups in total. The van der Waals surface area contributed by atoms with Gasteiger partial charge < -0.3 is 0 Å². The molecule has 6 heteroatoms. The third-order valence-corrected chi connectivity index (χ3v) is 4.06. The molecule has 0 atom stereocenters. The Balaban J connectivity index is 2.32. The number of allylic oxidation sites excluding steroid dienone is 4. The lowest BCUT2D eigenvalue weighted by molar-refractivity contribution is 0.624. The molecule has 1 aromatic carbocycles. The zero-order valence-corrected chi connectivity index (χ0v) is 14.6. The number of halogens is 1. The Labute approximate surface area is 155 Å². The van der Waals surface area contributed by atoms with Gasteiger partial charge in [0.15, 0.2) is 0 Å². The highest BCUT2D eigenvalue weighted by Crippen LogP contribution is 2.33. The Hall–Kier alpha value is -3.85. The number of hydrogen-bond acceptors (Lipinski definition) is 4. The van der Waals surface area contributed by atoms with Crippen LogP contribution in [0.4, 0.5) is 4.39 Å². The van der Waals surface area contributed by atoms with Crippen LogP contribution in [0.15, 0.2) is 78.3 Å². The molecule has 27 heavy (non-hydrogen) atoms. The normalized spacial score (nSPS) is 11.7. The maximum Gasteiger partial charge on any atom is 0.146 e. The molecule has 2 heterocycles. The van der Waals surface area contributed by atoms with Gasteiger partial charge in [0, 0.05) is 11.1 Å². The Bertz CT molecular complexity index is 1130. The number of fused-ring (bicyclic) bond motifs is 1. The summed E-state index contributed by atoms with van der Waals surface area (Å²) in [6, 6.07) is 12.7. The number of pyridine rings is 1. The van der Waals surface area contributed by atoms with E-state index in [1.807, 2.05) is 30.3 Å². The minimum atomic E-state index is -0.529. The second kappa shape index (κ2) is 7.58. The van der Waals surface area contributed by atoms with Crippen molar-refractivity contribution in [2.75, 3.05) is 0 Å². The topological polar surface area (TPSA) is 71.0 Å². The predicted octanol–water partition coefficient (Wildman–Crippen LogP) is 5.28. The fraction of sp³-hybridized carbons (Fsp3) is 0.0476. The van der Waals surface area contributed by atoms with Crippen LogP contribution >= 0.6 is 0 Å². The summed E-state index contributed by atoms with van der Waals surface area (Å²) in [7, 11) is 0. The van der Waals surface area contributed by atoms with Crippen LogP contribution in [0.2, 0.25) is 0 Å².